The first-order valence-corrected chi connectivity index (χ1v) is 8.67. The van der Waals surface area contributed by atoms with Gasteiger partial charge in [-0.05, 0) is 18.6 Å². The Balaban J connectivity index is 1.80. The van der Waals surface area contributed by atoms with E-state index >= 15 is 0 Å². The highest BCUT2D eigenvalue weighted by molar-refractivity contribution is 5.61. The van der Waals surface area contributed by atoms with Gasteiger partial charge in [0.25, 0.3) is 0 Å². The molecule has 3 atom stereocenters. The van der Waals surface area contributed by atoms with Gasteiger partial charge < -0.3 is 23.7 Å². The summed E-state index contributed by atoms with van der Waals surface area (Å²) < 4.78 is 19.2. The number of benzene rings is 1. The number of fused-ring (bicyclic) bond motifs is 3. The van der Waals surface area contributed by atoms with Crippen molar-refractivity contribution in [3.63, 3.8) is 0 Å². The maximum atomic E-state index is 11.0. The molecule has 26 heavy (non-hydrogen) atoms. The van der Waals surface area contributed by atoms with E-state index in [1.165, 1.54) is 0 Å². The van der Waals surface area contributed by atoms with Gasteiger partial charge in [-0.1, -0.05) is 30.3 Å². The molecule has 6 nitrogen and oxygen atoms in total. The Morgan fingerprint density at radius 2 is 2.00 bits per heavy atom. The van der Waals surface area contributed by atoms with Gasteiger partial charge in [0.1, 0.15) is 12.2 Å². The summed E-state index contributed by atoms with van der Waals surface area (Å²) in [5.74, 6) is 0.655. The number of pyridine rings is 1. The molecule has 1 aliphatic rings. The number of methoxy groups -OCH3 is 1. The lowest BCUT2D eigenvalue weighted by atomic mass is 9.92. The lowest BCUT2D eigenvalue weighted by Crippen LogP contribution is -2.36. The van der Waals surface area contributed by atoms with E-state index in [2.05, 4.69) is 4.98 Å². The van der Waals surface area contributed by atoms with Crippen LogP contribution in [-0.2, 0) is 9.47 Å². The summed E-state index contributed by atoms with van der Waals surface area (Å²) in [6.45, 7) is 2.79. The molecule has 0 radical (unpaired) electrons. The van der Waals surface area contributed by atoms with Crippen LogP contribution in [0.1, 0.15) is 29.0 Å². The highest BCUT2D eigenvalue weighted by atomic mass is 16.5. The Labute approximate surface area is 152 Å². The van der Waals surface area contributed by atoms with Crippen molar-refractivity contribution in [3.05, 3.63) is 65.6 Å². The lowest BCUT2D eigenvalue weighted by molar-refractivity contribution is -0.108. The van der Waals surface area contributed by atoms with Gasteiger partial charge in [0.05, 0.1) is 18.9 Å². The van der Waals surface area contributed by atoms with Gasteiger partial charge in [-0.15, -0.1) is 0 Å². The van der Waals surface area contributed by atoms with Crippen LogP contribution in [0.3, 0.4) is 0 Å². The van der Waals surface area contributed by atoms with Gasteiger partial charge in [0.2, 0.25) is 0 Å². The number of hydrogen-bond donors (Lipinski definition) is 1. The molecule has 0 saturated heterocycles. The molecule has 3 aromatic rings. The maximum absolute atomic E-state index is 11.0. The van der Waals surface area contributed by atoms with Gasteiger partial charge in [-0.25, -0.2) is 4.98 Å². The molecular formula is C20H22N2O4. The molecule has 1 aliphatic heterocycles. The summed E-state index contributed by atoms with van der Waals surface area (Å²) >= 11 is 0. The summed E-state index contributed by atoms with van der Waals surface area (Å²) in [5, 5.41) is 11.0. The van der Waals surface area contributed by atoms with Crippen LogP contribution in [0.15, 0.2) is 48.8 Å². The molecular weight excluding hydrogens is 332 g/mol. The van der Waals surface area contributed by atoms with E-state index in [1.807, 2.05) is 60.1 Å². The Kier molecular flexibility index (Phi) is 4.63. The zero-order chi connectivity index (χ0) is 18.1. The molecule has 0 amide bonds. The van der Waals surface area contributed by atoms with Crippen molar-refractivity contribution in [1.29, 1.82) is 0 Å². The van der Waals surface area contributed by atoms with Gasteiger partial charge in [0.15, 0.2) is 17.5 Å². The standard InChI is InChI=1S/C20H22N2O4/c1-13-12-22-9-8-15-18(25-11-10-24-2)16(23)17(14-6-4-3-5-7-14)26-19(15)20(22)21-13/h3-9,12,16-18,23H,10-11H2,1-2H3/t16-,17+,18+/m0/s1. The number of imidazole rings is 1. The molecule has 3 heterocycles. The van der Waals surface area contributed by atoms with Crippen LogP contribution in [0.4, 0.5) is 0 Å². The van der Waals surface area contributed by atoms with Crippen molar-refractivity contribution in [2.45, 2.75) is 25.2 Å². The second-order valence-electron chi connectivity index (χ2n) is 6.44. The summed E-state index contributed by atoms with van der Waals surface area (Å²) in [6, 6.07) is 11.6. The molecule has 6 heteroatoms. The minimum Gasteiger partial charge on any atom is -0.479 e. The minimum absolute atomic E-state index is 0.387. The van der Waals surface area contributed by atoms with Crippen LogP contribution in [0.5, 0.6) is 5.75 Å². The molecule has 0 unspecified atom stereocenters. The van der Waals surface area contributed by atoms with Gasteiger partial charge >= 0.3 is 0 Å². The van der Waals surface area contributed by atoms with E-state index in [9.17, 15) is 5.11 Å². The van der Waals surface area contributed by atoms with Crippen LogP contribution in [-0.4, -0.2) is 40.9 Å². The van der Waals surface area contributed by atoms with Gasteiger partial charge in [0, 0.05) is 25.1 Å². The molecule has 4 rings (SSSR count). The van der Waals surface area contributed by atoms with Gasteiger partial charge in [-0.3, -0.25) is 0 Å². The number of aliphatic hydroxyl groups excluding tert-OH is 1. The Morgan fingerprint density at radius 3 is 2.77 bits per heavy atom. The van der Waals surface area contributed by atoms with E-state index in [0.717, 1.165) is 22.5 Å². The number of ether oxygens (including phenoxy) is 3. The first kappa shape index (κ1) is 17.0. The third kappa shape index (κ3) is 2.96. The highest BCUT2D eigenvalue weighted by Gasteiger charge is 2.40. The fourth-order valence-corrected chi connectivity index (χ4v) is 3.40. The molecule has 0 spiro atoms. The van der Waals surface area contributed by atoms with Crippen molar-refractivity contribution in [3.8, 4) is 5.75 Å². The number of aryl methyl sites for hydroxylation is 1. The Bertz CT molecular complexity index is 893. The highest BCUT2D eigenvalue weighted by Crippen LogP contribution is 2.44. The number of aromatic nitrogens is 2. The van der Waals surface area contributed by atoms with E-state index in [4.69, 9.17) is 14.2 Å². The topological polar surface area (TPSA) is 65.2 Å². The normalized spacial score (nSPS) is 22.2. The first-order valence-electron chi connectivity index (χ1n) is 8.67. The number of aliphatic hydroxyl groups is 1. The van der Waals surface area contributed by atoms with Gasteiger partial charge in [-0.2, -0.15) is 0 Å². The van der Waals surface area contributed by atoms with Crippen LogP contribution < -0.4 is 4.74 Å². The van der Waals surface area contributed by atoms with Crippen molar-refractivity contribution in [2.75, 3.05) is 20.3 Å². The van der Waals surface area contributed by atoms with Crippen LogP contribution in [0.2, 0.25) is 0 Å². The minimum atomic E-state index is -0.833. The van der Waals surface area contributed by atoms with Crippen LogP contribution in [0.25, 0.3) is 5.65 Å². The predicted octanol–water partition coefficient (Wildman–Crippen LogP) is 2.84. The zero-order valence-electron chi connectivity index (χ0n) is 14.8. The Morgan fingerprint density at radius 1 is 1.19 bits per heavy atom. The molecule has 1 aromatic carbocycles. The predicted molar refractivity (Wildman–Crippen MR) is 96.3 cm³/mol. The van der Waals surface area contributed by atoms with Crippen molar-refractivity contribution >= 4 is 5.65 Å². The SMILES string of the molecule is COCCO[C@@H]1c2ccn3cc(C)nc3c2O[C@H](c2ccccc2)[C@@H]1O. The molecule has 0 fully saturated rings. The van der Waals surface area contributed by atoms with Crippen molar-refractivity contribution < 1.29 is 19.3 Å². The third-order valence-corrected chi connectivity index (χ3v) is 4.62. The van der Waals surface area contributed by atoms with E-state index < -0.39 is 18.3 Å². The lowest BCUT2D eigenvalue weighted by Gasteiger charge is -2.36. The quantitative estimate of drug-likeness (QED) is 0.714. The smallest absolute Gasteiger partial charge is 0.180 e. The molecule has 0 saturated carbocycles. The molecule has 2 aromatic heterocycles. The van der Waals surface area contributed by atoms with E-state index in [-0.39, 0.29) is 0 Å². The average Bonchev–Trinajstić information content (AvgIpc) is 3.04. The molecule has 1 N–H and O–H groups in total. The molecule has 0 aliphatic carbocycles. The Hall–Kier alpha value is -2.41. The second kappa shape index (κ2) is 7.07. The zero-order valence-corrected chi connectivity index (χ0v) is 14.8. The largest absolute Gasteiger partial charge is 0.479 e. The first-order chi connectivity index (χ1) is 12.7. The summed E-state index contributed by atoms with van der Waals surface area (Å²) in [7, 11) is 1.63. The fourth-order valence-electron chi connectivity index (χ4n) is 3.40. The fraction of sp³-hybridized carbons (Fsp3) is 0.350. The summed E-state index contributed by atoms with van der Waals surface area (Å²) in [5.41, 5.74) is 3.34. The molecule has 136 valence electrons. The van der Waals surface area contributed by atoms with Crippen molar-refractivity contribution in [2.24, 2.45) is 0 Å². The average molecular weight is 354 g/mol. The molecule has 0 bridgehead atoms. The van der Waals surface area contributed by atoms with E-state index in [0.29, 0.717) is 19.0 Å². The van der Waals surface area contributed by atoms with Crippen molar-refractivity contribution in [1.82, 2.24) is 9.38 Å². The third-order valence-electron chi connectivity index (χ3n) is 4.62. The second-order valence-corrected chi connectivity index (χ2v) is 6.44. The van der Waals surface area contributed by atoms with E-state index in [1.54, 1.807) is 7.11 Å². The van der Waals surface area contributed by atoms with Crippen LogP contribution >= 0.6 is 0 Å². The summed E-state index contributed by atoms with van der Waals surface area (Å²) in [4.78, 5) is 4.59. The monoisotopic (exact) mass is 354 g/mol. The summed E-state index contributed by atoms with van der Waals surface area (Å²) in [6.07, 6.45) is 1.99. The van der Waals surface area contributed by atoms with Crippen LogP contribution in [0, 0.1) is 6.92 Å². The number of rotatable bonds is 5. The number of hydrogen-bond acceptors (Lipinski definition) is 5. The maximum Gasteiger partial charge on any atom is 0.180 e. The number of nitrogens with zero attached hydrogens (tertiary/aromatic N) is 2.